The summed E-state index contributed by atoms with van der Waals surface area (Å²) in [5.41, 5.74) is 1.15. The van der Waals surface area contributed by atoms with Crippen LogP contribution >= 0.6 is 0 Å². The third kappa shape index (κ3) is 2.79. The highest BCUT2D eigenvalue weighted by molar-refractivity contribution is 5.60. The Balaban J connectivity index is 1.60. The monoisotopic (exact) mass is 323 g/mol. The second kappa shape index (κ2) is 6.25. The van der Waals surface area contributed by atoms with Gasteiger partial charge in [0.05, 0.1) is 5.56 Å². The summed E-state index contributed by atoms with van der Waals surface area (Å²) in [7, 11) is 0. The molecule has 24 heavy (non-hydrogen) atoms. The van der Waals surface area contributed by atoms with Crippen molar-refractivity contribution in [1.29, 1.82) is 0 Å². The highest BCUT2D eigenvalue weighted by atomic mass is 16.1. The minimum Gasteiger partial charge on any atom is -0.370 e. The van der Waals surface area contributed by atoms with Crippen molar-refractivity contribution in [1.82, 2.24) is 30.0 Å². The van der Waals surface area contributed by atoms with Crippen LogP contribution < -0.4 is 16.2 Å². The number of nitrogens with one attached hydrogen (secondary N) is 3. The predicted molar refractivity (Wildman–Crippen MR) is 90.1 cm³/mol. The Labute approximate surface area is 138 Å². The van der Waals surface area contributed by atoms with Gasteiger partial charge in [-0.25, -0.2) is 14.6 Å². The van der Waals surface area contributed by atoms with Gasteiger partial charge in [0.25, 0.3) is 5.56 Å². The molecule has 3 aromatic rings. The van der Waals surface area contributed by atoms with Gasteiger partial charge >= 0.3 is 0 Å². The summed E-state index contributed by atoms with van der Waals surface area (Å²) in [5, 5.41) is 9.47. The molecule has 0 radical (unpaired) electrons. The fraction of sp³-hybridized carbons (Fsp3) is 0.250. The standard InChI is InChI=1S/C16H17N7O/c24-16-13(12-2-1-3-17-8-12)9-22-23(16)15-4-14(20-10-21-15)19-7-11-5-18-6-11/h1-4,8-11,18,22H,5-7H2,(H,19,20,21). The number of anilines is 1. The SMILES string of the molecule is O=c1c(-c2cccnc2)c[nH]n1-c1cc(NCC2CNC2)ncn1. The lowest BCUT2D eigenvalue weighted by Gasteiger charge is -2.27. The molecule has 3 N–H and O–H groups in total. The van der Waals surface area contributed by atoms with Gasteiger partial charge in [-0.05, 0) is 6.07 Å². The molecule has 8 heteroatoms. The summed E-state index contributed by atoms with van der Waals surface area (Å²) in [6.07, 6.45) is 6.45. The number of rotatable bonds is 5. The lowest BCUT2D eigenvalue weighted by Crippen LogP contribution is -2.45. The Morgan fingerprint density at radius 1 is 1.33 bits per heavy atom. The van der Waals surface area contributed by atoms with E-state index in [1.165, 1.54) is 11.0 Å². The van der Waals surface area contributed by atoms with Crippen molar-refractivity contribution in [3.8, 4) is 16.9 Å². The maximum atomic E-state index is 12.6. The molecule has 0 unspecified atom stereocenters. The number of hydrogen-bond donors (Lipinski definition) is 3. The van der Waals surface area contributed by atoms with E-state index in [4.69, 9.17) is 0 Å². The van der Waals surface area contributed by atoms with E-state index < -0.39 is 0 Å². The van der Waals surface area contributed by atoms with Crippen LogP contribution in [0.3, 0.4) is 0 Å². The van der Waals surface area contributed by atoms with Crippen molar-refractivity contribution in [2.75, 3.05) is 25.0 Å². The largest absolute Gasteiger partial charge is 0.370 e. The summed E-state index contributed by atoms with van der Waals surface area (Å²) >= 11 is 0. The lowest BCUT2D eigenvalue weighted by molar-refractivity contribution is 0.365. The quantitative estimate of drug-likeness (QED) is 0.637. The van der Waals surface area contributed by atoms with E-state index in [1.54, 1.807) is 30.7 Å². The van der Waals surface area contributed by atoms with Crippen LogP contribution in [0.5, 0.6) is 0 Å². The van der Waals surface area contributed by atoms with E-state index in [2.05, 4.69) is 30.7 Å². The molecule has 0 saturated carbocycles. The van der Waals surface area contributed by atoms with Gasteiger partial charge < -0.3 is 10.6 Å². The second-order valence-corrected chi connectivity index (χ2v) is 5.74. The molecular formula is C16H17N7O. The van der Waals surface area contributed by atoms with Crippen LogP contribution in [0, 0.1) is 5.92 Å². The number of H-pyrrole nitrogens is 1. The van der Waals surface area contributed by atoms with Gasteiger partial charge in [-0.2, -0.15) is 0 Å². The van der Waals surface area contributed by atoms with Crippen LogP contribution in [0.15, 0.2) is 47.9 Å². The molecule has 0 atom stereocenters. The van der Waals surface area contributed by atoms with E-state index in [1.807, 2.05) is 6.07 Å². The average molecular weight is 323 g/mol. The van der Waals surface area contributed by atoms with Crippen LogP contribution in [-0.4, -0.2) is 44.4 Å². The molecule has 0 aromatic carbocycles. The Kier molecular flexibility index (Phi) is 3.80. The minimum absolute atomic E-state index is 0.171. The predicted octanol–water partition coefficient (Wildman–Crippen LogP) is 0.649. The van der Waals surface area contributed by atoms with Gasteiger partial charge in [0, 0.05) is 55.8 Å². The highest BCUT2D eigenvalue weighted by Gasteiger charge is 2.16. The molecule has 1 aliphatic heterocycles. The number of aromatic amines is 1. The van der Waals surface area contributed by atoms with E-state index >= 15 is 0 Å². The summed E-state index contributed by atoms with van der Waals surface area (Å²) in [4.78, 5) is 25.1. The molecule has 1 aliphatic rings. The van der Waals surface area contributed by atoms with Gasteiger partial charge in [-0.3, -0.25) is 14.9 Å². The van der Waals surface area contributed by atoms with E-state index in [9.17, 15) is 4.79 Å². The van der Waals surface area contributed by atoms with Crippen molar-refractivity contribution in [3.05, 3.63) is 53.5 Å². The molecule has 0 bridgehead atoms. The van der Waals surface area contributed by atoms with Gasteiger partial charge in [0.15, 0.2) is 5.82 Å². The topological polar surface area (TPSA) is 101 Å². The zero-order valence-corrected chi connectivity index (χ0v) is 12.9. The molecule has 4 rings (SSSR count). The molecule has 0 spiro atoms. The first-order valence-corrected chi connectivity index (χ1v) is 7.79. The third-order valence-corrected chi connectivity index (χ3v) is 4.06. The van der Waals surface area contributed by atoms with Crippen molar-refractivity contribution < 1.29 is 0 Å². The molecule has 1 fully saturated rings. The van der Waals surface area contributed by atoms with Crippen LogP contribution in [0.2, 0.25) is 0 Å². The summed E-state index contributed by atoms with van der Waals surface area (Å²) in [6, 6.07) is 5.41. The molecular weight excluding hydrogens is 306 g/mol. The zero-order valence-electron chi connectivity index (χ0n) is 12.9. The van der Waals surface area contributed by atoms with Crippen molar-refractivity contribution in [2.24, 2.45) is 5.92 Å². The van der Waals surface area contributed by atoms with E-state index in [-0.39, 0.29) is 5.56 Å². The molecule has 0 amide bonds. The molecule has 8 nitrogen and oxygen atoms in total. The van der Waals surface area contributed by atoms with E-state index in [0.29, 0.717) is 23.1 Å². The first-order chi connectivity index (χ1) is 11.8. The highest BCUT2D eigenvalue weighted by Crippen LogP contribution is 2.14. The van der Waals surface area contributed by atoms with Crippen LogP contribution in [0.4, 0.5) is 5.82 Å². The summed E-state index contributed by atoms with van der Waals surface area (Å²) < 4.78 is 1.40. The number of hydrogen-bond acceptors (Lipinski definition) is 6. The Morgan fingerprint density at radius 2 is 2.25 bits per heavy atom. The first kappa shape index (κ1) is 14.6. The maximum Gasteiger partial charge on any atom is 0.280 e. The maximum absolute atomic E-state index is 12.6. The van der Waals surface area contributed by atoms with Gasteiger partial charge in [0.1, 0.15) is 12.1 Å². The fourth-order valence-electron chi connectivity index (χ4n) is 2.58. The average Bonchev–Trinajstić information content (AvgIpc) is 2.96. The summed E-state index contributed by atoms with van der Waals surface area (Å²) in [6.45, 7) is 2.90. The van der Waals surface area contributed by atoms with Crippen molar-refractivity contribution >= 4 is 5.82 Å². The fourth-order valence-corrected chi connectivity index (χ4v) is 2.58. The first-order valence-electron chi connectivity index (χ1n) is 7.79. The third-order valence-electron chi connectivity index (χ3n) is 4.06. The Hall–Kier alpha value is -3.00. The van der Waals surface area contributed by atoms with Gasteiger partial charge in [-0.15, -0.1) is 0 Å². The number of aromatic nitrogens is 5. The van der Waals surface area contributed by atoms with Crippen molar-refractivity contribution in [2.45, 2.75) is 0 Å². The molecule has 1 saturated heterocycles. The second-order valence-electron chi connectivity index (χ2n) is 5.74. The number of nitrogens with zero attached hydrogens (tertiary/aromatic N) is 4. The number of pyridine rings is 1. The van der Waals surface area contributed by atoms with E-state index in [0.717, 1.165) is 25.2 Å². The van der Waals surface area contributed by atoms with Crippen LogP contribution in [0.25, 0.3) is 16.9 Å². The molecule has 122 valence electrons. The summed E-state index contributed by atoms with van der Waals surface area (Å²) in [5.74, 6) is 1.82. The van der Waals surface area contributed by atoms with Gasteiger partial charge in [-0.1, -0.05) is 6.07 Å². The normalized spacial score (nSPS) is 14.3. The minimum atomic E-state index is -0.171. The lowest BCUT2D eigenvalue weighted by atomic mass is 10.0. The Bertz CT molecular complexity index is 883. The molecule has 3 aromatic heterocycles. The smallest absolute Gasteiger partial charge is 0.280 e. The van der Waals surface area contributed by atoms with Crippen molar-refractivity contribution in [3.63, 3.8) is 0 Å². The zero-order chi connectivity index (χ0) is 16.4. The Morgan fingerprint density at radius 3 is 3.00 bits per heavy atom. The molecule has 4 heterocycles. The molecule has 0 aliphatic carbocycles. The van der Waals surface area contributed by atoms with Crippen LogP contribution in [0.1, 0.15) is 0 Å². The van der Waals surface area contributed by atoms with Gasteiger partial charge in [0.2, 0.25) is 0 Å². The van der Waals surface area contributed by atoms with Crippen LogP contribution in [-0.2, 0) is 0 Å².